The van der Waals surface area contributed by atoms with Crippen LogP contribution >= 0.6 is 0 Å². The van der Waals surface area contributed by atoms with Crippen molar-refractivity contribution in [1.29, 1.82) is 0 Å². The third kappa shape index (κ3) is 4.37. The Bertz CT molecular complexity index is 959. The molecule has 1 saturated heterocycles. The number of nitrogens with one attached hydrogen (secondary N) is 2. The number of carbonyl (C=O) groups excluding carboxylic acids is 3. The third-order valence-electron chi connectivity index (χ3n) is 5.52. The van der Waals surface area contributed by atoms with E-state index in [9.17, 15) is 14.4 Å². The lowest BCUT2D eigenvalue weighted by Crippen LogP contribution is -2.43. The van der Waals surface area contributed by atoms with Gasteiger partial charge in [-0.1, -0.05) is 74.9 Å². The van der Waals surface area contributed by atoms with Crippen LogP contribution in [-0.4, -0.2) is 29.3 Å². The van der Waals surface area contributed by atoms with Gasteiger partial charge in [0, 0.05) is 6.54 Å². The number of amides is 4. The Morgan fingerprint density at radius 2 is 1.63 bits per heavy atom. The average molecular weight is 408 g/mol. The molecule has 1 heterocycles. The quantitative estimate of drug-likeness (QED) is 0.746. The van der Waals surface area contributed by atoms with Crippen molar-refractivity contribution in [2.24, 2.45) is 0 Å². The van der Waals surface area contributed by atoms with Crippen molar-refractivity contribution in [3.63, 3.8) is 0 Å². The second-order valence-electron chi connectivity index (χ2n) is 9.04. The third-order valence-corrected chi connectivity index (χ3v) is 5.52. The molecule has 30 heavy (non-hydrogen) atoms. The van der Waals surface area contributed by atoms with Crippen LogP contribution in [0.2, 0.25) is 0 Å². The summed E-state index contributed by atoms with van der Waals surface area (Å²) in [6.07, 6.45) is 0. The minimum atomic E-state index is -1.19. The number of imide groups is 1. The van der Waals surface area contributed by atoms with E-state index in [1.54, 1.807) is 6.92 Å². The fraction of sp³-hybridized carbons (Fsp3) is 0.375. The van der Waals surface area contributed by atoms with Gasteiger partial charge in [0.1, 0.15) is 12.1 Å². The molecule has 3 rings (SSSR count). The highest BCUT2D eigenvalue weighted by atomic mass is 16.2. The first-order chi connectivity index (χ1) is 14.0. The lowest BCUT2D eigenvalue weighted by atomic mass is 9.84. The normalized spacial score (nSPS) is 19.0. The molecule has 6 heteroatoms. The summed E-state index contributed by atoms with van der Waals surface area (Å²) < 4.78 is 0. The lowest BCUT2D eigenvalue weighted by molar-refractivity contribution is -0.134. The second kappa shape index (κ2) is 7.94. The molecular weight excluding hydrogens is 378 g/mol. The number of hydrogen-bond donors (Lipinski definition) is 2. The summed E-state index contributed by atoms with van der Waals surface area (Å²) in [6.45, 7) is 10.0. The van der Waals surface area contributed by atoms with Crippen molar-refractivity contribution in [1.82, 2.24) is 15.5 Å². The van der Waals surface area contributed by atoms with Crippen LogP contribution in [0.1, 0.15) is 49.9 Å². The van der Waals surface area contributed by atoms with Gasteiger partial charge >= 0.3 is 6.03 Å². The van der Waals surface area contributed by atoms with Crippen LogP contribution in [0.5, 0.6) is 0 Å². The first kappa shape index (κ1) is 21.6. The van der Waals surface area contributed by atoms with E-state index in [2.05, 4.69) is 31.4 Å². The molecule has 1 atom stereocenters. The molecule has 0 spiro atoms. The van der Waals surface area contributed by atoms with Gasteiger partial charge in [-0.3, -0.25) is 14.5 Å². The second-order valence-corrected chi connectivity index (χ2v) is 9.04. The summed E-state index contributed by atoms with van der Waals surface area (Å²) in [4.78, 5) is 38.8. The molecule has 0 aromatic heterocycles. The molecule has 1 fully saturated rings. The van der Waals surface area contributed by atoms with Gasteiger partial charge in [-0.15, -0.1) is 0 Å². The predicted molar refractivity (Wildman–Crippen MR) is 116 cm³/mol. The van der Waals surface area contributed by atoms with E-state index in [-0.39, 0.29) is 17.9 Å². The number of nitrogens with zero attached hydrogens (tertiary/aromatic N) is 1. The minimum absolute atomic E-state index is 0.00998. The zero-order chi connectivity index (χ0) is 22.1. The fourth-order valence-corrected chi connectivity index (χ4v) is 3.45. The summed E-state index contributed by atoms with van der Waals surface area (Å²) in [5, 5.41) is 5.51. The molecule has 0 radical (unpaired) electrons. The smallest absolute Gasteiger partial charge is 0.325 e. The summed E-state index contributed by atoms with van der Waals surface area (Å²) in [5.41, 5.74) is 2.72. The molecule has 158 valence electrons. The average Bonchev–Trinajstić information content (AvgIpc) is 2.91. The number of urea groups is 1. The van der Waals surface area contributed by atoms with Gasteiger partial charge in [-0.2, -0.15) is 0 Å². The van der Waals surface area contributed by atoms with E-state index in [1.165, 1.54) is 0 Å². The fourth-order valence-electron chi connectivity index (χ4n) is 3.45. The molecular formula is C24H29N3O3. The van der Waals surface area contributed by atoms with E-state index in [0.29, 0.717) is 12.1 Å². The van der Waals surface area contributed by atoms with Crippen LogP contribution in [0.25, 0.3) is 0 Å². The topological polar surface area (TPSA) is 78.5 Å². The number of aryl methyl sites for hydroxylation is 1. The zero-order valence-electron chi connectivity index (χ0n) is 18.2. The number of hydrogen-bond acceptors (Lipinski definition) is 3. The summed E-state index contributed by atoms with van der Waals surface area (Å²) in [5.74, 6) is -0.812. The highest BCUT2D eigenvalue weighted by Gasteiger charge is 2.49. The van der Waals surface area contributed by atoms with Gasteiger partial charge < -0.3 is 10.6 Å². The van der Waals surface area contributed by atoms with E-state index in [4.69, 9.17) is 0 Å². The molecule has 0 unspecified atom stereocenters. The molecule has 0 saturated carbocycles. The molecule has 2 aromatic rings. The van der Waals surface area contributed by atoms with E-state index in [1.807, 2.05) is 55.5 Å². The van der Waals surface area contributed by atoms with Crippen LogP contribution in [0, 0.1) is 6.92 Å². The lowest BCUT2D eigenvalue weighted by Gasteiger charge is -2.24. The van der Waals surface area contributed by atoms with Crippen molar-refractivity contribution < 1.29 is 14.4 Å². The molecule has 1 aliphatic heterocycles. The Morgan fingerprint density at radius 3 is 2.20 bits per heavy atom. The Kier molecular flexibility index (Phi) is 5.70. The van der Waals surface area contributed by atoms with Crippen LogP contribution in [0.15, 0.2) is 48.5 Å². The van der Waals surface area contributed by atoms with Gasteiger partial charge in [0.2, 0.25) is 5.91 Å². The predicted octanol–water partition coefficient (Wildman–Crippen LogP) is 3.38. The highest BCUT2D eigenvalue weighted by Crippen LogP contribution is 2.31. The molecule has 1 aliphatic rings. The van der Waals surface area contributed by atoms with Crippen molar-refractivity contribution in [3.05, 3.63) is 70.8 Å². The Labute approximate surface area is 177 Å². The molecule has 0 bridgehead atoms. The van der Waals surface area contributed by atoms with Crippen LogP contribution in [0.3, 0.4) is 0 Å². The Hall–Kier alpha value is -3.15. The van der Waals surface area contributed by atoms with Crippen LogP contribution in [0.4, 0.5) is 4.79 Å². The van der Waals surface area contributed by atoms with E-state index >= 15 is 0 Å². The van der Waals surface area contributed by atoms with Crippen LogP contribution < -0.4 is 10.6 Å². The molecule has 2 N–H and O–H groups in total. The molecule has 6 nitrogen and oxygen atoms in total. The van der Waals surface area contributed by atoms with E-state index in [0.717, 1.165) is 21.6 Å². The monoisotopic (exact) mass is 407 g/mol. The van der Waals surface area contributed by atoms with Crippen molar-refractivity contribution in [2.75, 3.05) is 6.54 Å². The van der Waals surface area contributed by atoms with Gasteiger partial charge in [0.05, 0.1) is 0 Å². The van der Waals surface area contributed by atoms with Gasteiger partial charge in [0.25, 0.3) is 5.91 Å². The van der Waals surface area contributed by atoms with E-state index < -0.39 is 17.5 Å². The summed E-state index contributed by atoms with van der Waals surface area (Å²) in [7, 11) is 0. The minimum Gasteiger partial charge on any atom is -0.350 e. The standard InChI is InChI=1S/C24H29N3O3/c1-16-6-8-17(9-7-16)14-25-20(28)15-27-21(29)24(5,26-22(27)30)19-12-10-18(11-13-19)23(2,3)4/h6-13H,14-15H2,1-5H3,(H,25,28)(H,26,30)/t24-/m1/s1. The maximum Gasteiger partial charge on any atom is 0.325 e. The SMILES string of the molecule is Cc1ccc(CNC(=O)CN2C(=O)N[C@](C)(c3ccc(C(C)(C)C)cc3)C2=O)cc1. The summed E-state index contributed by atoms with van der Waals surface area (Å²) in [6, 6.07) is 14.9. The first-order valence-corrected chi connectivity index (χ1v) is 10.1. The summed E-state index contributed by atoms with van der Waals surface area (Å²) >= 11 is 0. The largest absolute Gasteiger partial charge is 0.350 e. The molecule has 4 amide bonds. The first-order valence-electron chi connectivity index (χ1n) is 10.1. The van der Waals surface area contributed by atoms with Crippen LogP contribution in [-0.2, 0) is 27.1 Å². The molecule has 2 aromatic carbocycles. The van der Waals surface area contributed by atoms with Crippen molar-refractivity contribution in [3.8, 4) is 0 Å². The van der Waals surface area contributed by atoms with Gasteiger partial charge in [-0.25, -0.2) is 4.79 Å². The highest BCUT2D eigenvalue weighted by molar-refractivity contribution is 6.09. The Balaban J connectivity index is 1.67. The number of carbonyl (C=O) groups is 3. The number of benzene rings is 2. The van der Waals surface area contributed by atoms with Crippen molar-refractivity contribution >= 4 is 17.8 Å². The zero-order valence-corrected chi connectivity index (χ0v) is 18.2. The number of rotatable bonds is 5. The van der Waals surface area contributed by atoms with Gasteiger partial charge in [-0.05, 0) is 36.0 Å². The molecule has 0 aliphatic carbocycles. The maximum absolute atomic E-state index is 13.0. The Morgan fingerprint density at radius 1 is 1.03 bits per heavy atom. The van der Waals surface area contributed by atoms with Gasteiger partial charge in [0.15, 0.2) is 0 Å². The maximum atomic E-state index is 13.0. The van der Waals surface area contributed by atoms with Crippen molar-refractivity contribution in [2.45, 2.75) is 52.1 Å².